The van der Waals surface area contributed by atoms with E-state index in [0.29, 0.717) is 6.42 Å². The van der Waals surface area contributed by atoms with E-state index < -0.39 is 6.23 Å². The first kappa shape index (κ1) is 13.4. The second kappa shape index (κ2) is 9.84. The molecule has 11 heavy (non-hydrogen) atoms. The van der Waals surface area contributed by atoms with E-state index in [1.807, 2.05) is 6.92 Å². The predicted octanol–water partition coefficient (Wildman–Crippen LogP) is -0.392. The highest BCUT2D eigenvalue weighted by Crippen LogP contribution is 1.85. The van der Waals surface area contributed by atoms with Crippen LogP contribution in [-0.2, 0) is 0 Å². The second-order valence-corrected chi connectivity index (χ2v) is 2.32. The Labute approximate surface area is 68.4 Å². The highest BCUT2D eigenvalue weighted by atomic mass is 16.3. The number of hydrogen-bond donors (Lipinski definition) is 4. The molecule has 0 aromatic rings. The summed E-state index contributed by atoms with van der Waals surface area (Å²) in [6.45, 7) is 3.65. The van der Waals surface area contributed by atoms with Crippen molar-refractivity contribution in [1.82, 2.24) is 5.32 Å². The quantitative estimate of drug-likeness (QED) is 0.428. The van der Waals surface area contributed by atoms with E-state index >= 15 is 0 Å². The van der Waals surface area contributed by atoms with Crippen molar-refractivity contribution in [3.63, 3.8) is 0 Å². The van der Waals surface area contributed by atoms with Crippen LogP contribution in [0.3, 0.4) is 0 Å². The molecule has 0 bridgehead atoms. The first-order valence-corrected chi connectivity index (χ1v) is 3.83. The van der Waals surface area contributed by atoms with Crippen molar-refractivity contribution in [1.29, 1.82) is 0 Å². The van der Waals surface area contributed by atoms with E-state index in [4.69, 9.17) is 15.9 Å². The Morgan fingerprint density at radius 2 is 1.82 bits per heavy atom. The Morgan fingerprint density at radius 1 is 1.45 bits per heavy atom. The molecule has 0 aliphatic carbocycles. The molecule has 0 radical (unpaired) electrons. The standard InChI is InChI=1S/C4H11NO.C3H9NO/c1-2-3-4(5)6;1-3(5)4-2/h4,6H,2-3,5H2,1H3;3-5H,1-2H3. The lowest BCUT2D eigenvalue weighted by atomic mass is 10.3. The van der Waals surface area contributed by atoms with Crippen molar-refractivity contribution < 1.29 is 10.2 Å². The molecule has 4 nitrogen and oxygen atoms in total. The average Bonchev–Trinajstić information content (AvgIpc) is 1.89. The maximum absolute atomic E-state index is 8.33. The van der Waals surface area contributed by atoms with Gasteiger partial charge < -0.3 is 15.9 Å². The summed E-state index contributed by atoms with van der Waals surface area (Å²) in [4.78, 5) is 0. The zero-order valence-electron chi connectivity index (χ0n) is 7.54. The summed E-state index contributed by atoms with van der Waals surface area (Å²) in [7, 11) is 1.70. The predicted molar refractivity (Wildman–Crippen MR) is 45.8 cm³/mol. The van der Waals surface area contributed by atoms with Gasteiger partial charge in [-0.1, -0.05) is 13.3 Å². The van der Waals surface area contributed by atoms with Gasteiger partial charge in [0.15, 0.2) is 0 Å². The minimum absolute atomic E-state index is 0.366. The van der Waals surface area contributed by atoms with E-state index in [0.717, 1.165) is 6.42 Å². The topological polar surface area (TPSA) is 78.5 Å². The van der Waals surface area contributed by atoms with Crippen LogP contribution in [0.4, 0.5) is 0 Å². The van der Waals surface area contributed by atoms with E-state index in [1.165, 1.54) is 0 Å². The zero-order chi connectivity index (χ0) is 9.28. The lowest BCUT2D eigenvalue weighted by Gasteiger charge is -1.96. The van der Waals surface area contributed by atoms with E-state index in [1.54, 1.807) is 14.0 Å². The third-order valence-electron chi connectivity index (χ3n) is 1.00. The number of aliphatic hydroxyl groups is 2. The zero-order valence-corrected chi connectivity index (χ0v) is 7.54. The Hall–Kier alpha value is -0.160. The van der Waals surface area contributed by atoms with Crippen LogP contribution in [0.2, 0.25) is 0 Å². The van der Waals surface area contributed by atoms with Gasteiger partial charge in [0, 0.05) is 0 Å². The van der Waals surface area contributed by atoms with Crippen molar-refractivity contribution in [3.8, 4) is 0 Å². The van der Waals surface area contributed by atoms with Gasteiger partial charge in [-0.2, -0.15) is 0 Å². The summed E-state index contributed by atoms with van der Waals surface area (Å²) in [5, 5.41) is 19.2. The van der Waals surface area contributed by atoms with Gasteiger partial charge in [0.1, 0.15) is 12.5 Å². The Balaban J connectivity index is 0. The monoisotopic (exact) mass is 164 g/mol. The molecule has 0 aromatic carbocycles. The smallest absolute Gasteiger partial charge is 0.102 e. The largest absolute Gasteiger partial charge is 0.379 e. The lowest BCUT2D eigenvalue weighted by Crippen LogP contribution is -2.19. The Kier molecular flexibility index (Phi) is 12.0. The van der Waals surface area contributed by atoms with Gasteiger partial charge in [0.2, 0.25) is 0 Å². The van der Waals surface area contributed by atoms with Crippen LogP contribution in [0.25, 0.3) is 0 Å². The summed E-state index contributed by atoms with van der Waals surface area (Å²) in [6.07, 6.45) is 0.697. The van der Waals surface area contributed by atoms with Crippen LogP contribution in [-0.4, -0.2) is 29.7 Å². The number of rotatable bonds is 3. The molecule has 0 amide bonds. The first-order valence-electron chi connectivity index (χ1n) is 3.83. The molecule has 0 spiro atoms. The molecule has 4 heteroatoms. The normalized spacial score (nSPS) is 14.7. The summed E-state index contributed by atoms with van der Waals surface area (Å²) < 4.78 is 0. The van der Waals surface area contributed by atoms with Crippen molar-refractivity contribution in [2.75, 3.05) is 7.05 Å². The van der Waals surface area contributed by atoms with Gasteiger partial charge in [-0.15, -0.1) is 0 Å². The van der Waals surface area contributed by atoms with Crippen molar-refractivity contribution in [3.05, 3.63) is 0 Å². The maximum atomic E-state index is 8.33. The van der Waals surface area contributed by atoms with Crippen LogP contribution in [0.1, 0.15) is 26.7 Å². The summed E-state index contributed by atoms with van der Waals surface area (Å²) >= 11 is 0. The third-order valence-corrected chi connectivity index (χ3v) is 1.00. The molecule has 70 valence electrons. The van der Waals surface area contributed by atoms with Crippen LogP contribution in [0, 0.1) is 0 Å². The molecular weight excluding hydrogens is 144 g/mol. The Morgan fingerprint density at radius 3 is 1.82 bits per heavy atom. The van der Waals surface area contributed by atoms with Crippen molar-refractivity contribution >= 4 is 0 Å². The van der Waals surface area contributed by atoms with Crippen LogP contribution in [0.15, 0.2) is 0 Å². The molecule has 5 N–H and O–H groups in total. The molecule has 2 atom stereocenters. The molecule has 0 saturated carbocycles. The summed E-state index contributed by atoms with van der Waals surface area (Å²) in [5.74, 6) is 0. The molecule has 0 aromatic heterocycles. The maximum Gasteiger partial charge on any atom is 0.102 e. The van der Waals surface area contributed by atoms with Gasteiger partial charge in [-0.25, -0.2) is 0 Å². The molecule has 2 unspecified atom stereocenters. The van der Waals surface area contributed by atoms with E-state index in [9.17, 15) is 0 Å². The van der Waals surface area contributed by atoms with Crippen LogP contribution in [0.5, 0.6) is 0 Å². The lowest BCUT2D eigenvalue weighted by molar-refractivity contribution is 0.167. The molecule has 0 rings (SSSR count). The van der Waals surface area contributed by atoms with Crippen LogP contribution < -0.4 is 11.1 Å². The van der Waals surface area contributed by atoms with Crippen LogP contribution >= 0.6 is 0 Å². The number of nitrogens with two attached hydrogens (primary N) is 1. The number of aliphatic hydroxyl groups excluding tert-OH is 2. The molecule has 0 aliphatic rings. The minimum atomic E-state index is -0.602. The first-order chi connectivity index (χ1) is 5.04. The number of hydrogen-bond acceptors (Lipinski definition) is 4. The van der Waals surface area contributed by atoms with Gasteiger partial charge >= 0.3 is 0 Å². The summed E-state index contributed by atoms with van der Waals surface area (Å²) in [5.41, 5.74) is 4.96. The van der Waals surface area contributed by atoms with Gasteiger partial charge in [-0.05, 0) is 20.4 Å². The van der Waals surface area contributed by atoms with Crippen molar-refractivity contribution in [2.24, 2.45) is 5.73 Å². The number of nitrogens with one attached hydrogen (secondary N) is 1. The molecule has 0 heterocycles. The SMILES string of the molecule is CCCC(N)O.CNC(C)O. The molecule has 0 fully saturated rings. The fourth-order valence-electron chi connectivity index (χ4n) is 0.296. The minimum Gasteiger partial charge on any atom is -0.379 e. The van der Waals surface area contributed by atoms with Gasteiger partial charge in [0.25, 0.3) is 0 Å². The third kappa shape index (κ3) is 25.8. The van der Waals surface area contributed by atoms with Gasteiger partial charge in [-0.3, -0.25) is 5.32 Å². The fraction of sp³-hybridized carbons (Fsp3) is 1.00. The van der Waals surface area contributed by atoms with E-state index in [2.05, 4.69) is 5.32 Å². The molecular formula is C7H20N2O2. The van der Waals surface area contributed by atoms with E-state index in [-0.39, 0.29) is 6.23 Å². The Bertz CT molecular complexity index is 67.5. The average molecular weight is 164 g/mol. The van der Waals surface area contributed by atoms with Gasteiger partial charge in [0.05, 0.1) is 0 Å². The summed E-state index contributed by atoms with van der Waals surface area (Å²) in [6, 6.07) is 0. The second-order valence-electron chi connectivity index (χ2n) is 2.32. The van der Waals surface area contributed by atoms with Crippen molar-refractivity contribution in [2.45, 2.75) is 39.1 Å². The molecule has 0 saturated heterocycles. The fourth-order valence-corrected chi connectivity index (χ4v) is 0.296. The highest BCUT2D eigenvalue weighted by molar-refractivity contribution is 4.38. The molecule has 0 aliphatic heterocycles. The highest BCUT2D eigenvalue weighted by Gasteiger charge is 1.87.